The van der Waals surface area contributed by atoms with Gasteiger partial charge in [-0.05, 0) is 186 Å². The smallest absolute Gasteiger partial charge is 0.412 e. The first-order chi connectivity index (χ1) is 44.7. The second-order valence-electron chi connectivity index (χ2n) is 30.7. The Morgan fingerprint density at radius 1 is 0.463 bits per heavy atom. The predicted molar refractivity (Wildman–Crippen MR) is 402 cm³/mol. The van der Waals surface area contributed by atoms with Crippen LogP contribution in [0.4, 0.5) is 25.8 Å². The van der Waals surface area contributed by atoms with Crippen LogP contribution in [0.25, 0.3) is 0 Å². The highest BCUT2D eigenvalue weighted by Crippen LogP contribution is 2.35. The first-order valence-corrected chi connectivity index (χ1v) is 37.6. The van der Waals surface area contributed by atoms with E-state index in [9.17, 15) is 19.5 Å². The molecule has 0 unspecified atom stereocenters. The Morgan fingerprint density at radius 3 is 1.16 bits per heavy atom. The maximum atomic E-state index is 11.7. The molecule has 16 heteroatoms. The highest BCUT2D eigenvalue weighted by molar-refractivity contribution is 5.84. The zero-order valence-corrected chi connectivity index (χ0v) is 64.6. The van der Waals surface area contributed by atoms with Gasteiger partial charge in [0.15, 0.2) is 0 Å². The van der Waals surface area contributed by atoms with E-state index in [1.54, 1.807) is 9.80 Å². The summed E-state index contributed by atoms with van der Waals surface area (Å²) in [4.78, 5) is 42.9. The summed E-state index contributed by atoms with van der Waals surface area (Å²) in [5, 5.41) is 37.9. The van der Waals surface area contributed by atoms with Crippen molar-refractivity contribution in [2.45, 2.75) is 332 Å². The van der Waals surface area contributed by atoms with Crippen LogP contribution in [0.15, 0.2) is 48.5 Å². The van der Waals surface area contributed by atoms with E-state index < -0.39 is 17.3 Å². The molecule has 2 aliphatic heterocycles. The number of benzene rings is 2. The lowest BCUT2D eigenvalue weighted by atomic mass is 9.79. The van der Waals surface area contributed by atoms with Crippen molar-refractivity contribution in [1.29, 1.82) is 0 Å². The van der Waals surface area contributed by atoms with E-state index in [1.807, 2.05) is 92.6 Å². The van der Waals surface area contributed by atoms with Gasteiger partial charge in [0.1, 0.15) is 16.8 Å². The molecule has 4 rings (SSSR count). The fourth-order valence-corrected chi connectivity index (χ4v) is 10.5. The third-order valence-electron chi connectivity index (χ3n) is 16.5. The van der Waals surface area contributed by atoms with Crippen molar-refractivity contribution >= 4 is 29.7 Å². The summed E-state index contributed by atoms with van der Waals surface area (Å²) in [5.41, 5.74) is 9.45. The number of nitrogens with zero attached hydrogens (tertiary/aromatic N) is 4. The number of hydrogen-bond donors (Lipinski definition) is 6. The van der Waals surface area contributed by atoms with Crippen LogP contribution in [0.5, 0.6) is 0 Å². The van der Waals surface area contributed by atoms with Crippen LogP contribution < -0.4 is 11.1 Å². The van der Waals surface area contributed by atoms with E-state index in [0.717, 1.165) is 82.6 Å². The average molecular weight is 1340 g/mol. The van der Waals surface area contributed by atoms with Gasteiger partial charge < -0.3 is 60.0 Å². The highest BCUT2D eigenvalue weighted by atomic mass is 16.6. The van der Waals surface area contributed by atoms with Crippen LogP contribution in [0.2, 0.25) is 0 Å². The van der Waals surface area contributed by atoms with E-state index in [2.05, 4.69) is 95.6 Å². The number of aliphatic hydroxyl groups excluding tert-OH is 4. The summed E-state index contributed by atoms with van der Waals surface area (Å²) in [5.74, 6) is 0. The molecule has 95 heavy (non-hydrogen) atoms. The van der Waals surface area contributed by atoms with Gasteiger partial charge in [-0.25, -0.2) is 14.4 Å². The molecule has 556 valence electrons. The number of carbonyl (C=O) groups excluding carboxylic acids is 3. The Bertz CT molecular complexity index is 2050. The number of para-hydroxylation sites is 2. The van der Waals surface area contributed by atoms with E-state index in [0.29, 0.717) is 25.9 Å². The number of hydrogen-bond acceptors (Lipinski definition) is 13. The van der Waals surface area contributed by atoms with Gasteiger partial charge in [-0.15, -0.1) is 0 Å². The Kier molecular flexibility index (Phi) is 53.5. The second kappa shape index (κ2) is 54.7. The average Bonchev–Trinajstić information content (AvgIpc) is 0.805. The first-order valence-electron chi connectivity index (χ1n) is 37.6. The van der Waals surface area contributed by atoms with E-state index in [1.165, 1.54) is 153 Å². The van der Waals surface area contributed by atoms with E-state index in [4.69, 9.17) is 35.3 Å². The van der Waals surface area contributed by atoms with Crippen LogP contribution in [0.1, 0.15) is 309 Å². The monoisotopic (exact) mass is 1340 g/mol. The Balaban J connectivity index is 0. The number of ether oxygens (including phenoxy) is 3. The van der Waals surface area contributed by atoms with Gasteiger partial charge in [0.05, 0.1) is 6.10 Å². The molecule has 2 heterocycles. The number of nitrogen functional groups attached to an aromatic ring is 1. The summed E-state index contributed by atoms with van der Waals surface area (Å²) in [6, 6.07) is 15.6. The molecular formula is C79H150N6O10. The summed E-state index contributed by atoms with van der Waals surface area (Å²) in [6.45, 7) is 47.2. The second-order valence-corrected chi connectivity index (χ2v) is 30.7. The van der Waals surface area contributed by atoms with Gasteiger partial charge in [0, 0.05) is 77.0 Å². The Labute approximate surface area is 583 Å². The number of unbranched alkanes of at least 4 members (excludes halogenated alkanes) is 15. The number of carbonyl (C=O) groups is 3. The molecule has 0 saturated carbocycles. The van der Waals surface area contributed by atoms with Gasteiger partial charge in [-0.1, -0.05) is 202 Å². The number of nitrogens with one attached hydrogen (secondary N) is 1. The third-order valence-corrected chi connectivity index (χ3v) is 16.5. The number of likely N-dealkylation sites (tertiary alicyclic amines) is 2. The molecule has 3 amide bonds. The Morgan fingerprint density at radius 2 is 0.811 bits per heavy atom. The molecule has 0 atom stereocenters. The molecule has 0 spiro atoms. The molecule has 16 nitrogen and oxygen atoms in total. The van der Waals surface area contributed by atoms with Gasteiger partial charge in [-0.3, -0.25) is 5.32 Å². The van der Waals surface area contributed by atoms with Gasteiger partial charge in [0.25, 0.3) is 0 Å². The SMILES string of the molecule is CC(C)(C)OC(=O)N1CCCCC1.CC(C)(C)OC(=O)Nc1ccccc1.CC(C)(C)c1cccc(C(C)(C)C)c1N.CCC(C)(C)OC(=O)N1CCC(O)CC1.CCCCCCCCN(CCCCCCCC)CCCCCCCC.OCCCN(CCCO)CCCO. The maximum absolute atomic E-state index is 11.7. The van der Waals surface area contributed by atoms with Gasteiger partial charge in [0.2, 0.25) is 0 Å². The molecule has 0 radical (unpaired) electrons. The summed E-state index contributed by atoms with van der Waals surface area (Å²) in [6.07, 6.45) is 32.5. The lowest BCUT2D eigenvalue weighted by Gasteiger charge is -2.32. The van der Waals surface area contributed by atoms with Crippen LogP contribution in [-0.4, -0.2) is 166 Å². The molecule has 2 aliphatic rings. The molecule has 2 aromatic rings. The van der Waals surface area contributed by atoms with Gasteiger partial charge in [-0.2, -0.15) is 0 Å². The third kappa shape index (κ3) is 53.5. The topological polar surface area (TPSA) is 211 Å². The fourth-order valence-electron chi connectivity index (χ4n) is 10.5. The number of rotatable bonds is 33. The normalized spacial score (nSPS) is 13.7. The summed E-state index contributed by atoms with van der Waals surface area (Å²) in [7, 11) is 0. The molecule has 2 saturated heterocycles. The predicted octanol–water partition coefficient (Wildman–Crippen LogP) is 18.9. The summed E-state index contributed by atoms with van der Waals surface area (Å²) >= 11 is 0. The first kappa shape index (κ1) is 92.9. The van der Waals surface area contributed by atoms with Crippen molar-refractivity contribution in [3.63, 3.8) is 0 Å². The minimum atomic E-state index is -0.459. The molecule has 7 N–H and O–H groups in total. The largest absolute Gasteiger partial charge is 0.444 e. The number of amides is 3. The number of piperidine rings is 2. The zero-order chi connectivity index (χ0) is 72.2. The molecule has 0 aliphatic carbocycles. The van der Waals surface area contributed by atoms with E-state index >= 15 is 0 Å². The van der Waals surface area contributed by atoms with Crippen molar-refractivity contribution in [2.24, 2.45) is 0 Å². The minimum Gasteiger partial charge on any atom is -0.444 e. The number of aliphatic hydroxyl groups is 4. The van der Waals surface area contributed by atoms with Crippen molar-refractivity contribution < 1.29 is 49.0 Å². The van der Waals surface area contributed by atoms with Crippen molar-refractivity contribution in [3.8, 4) is 0 Å². The van der Waals surface area contributed by atoms with Gasteiger partial charge >= 0.3 is 18.3 Å². The number of nitrogens with two attached hydrogens (primary N) is 1. The molecular weight excluding hydrogens is 1190 g/mol. The lowest BCUT2D eigenvalue weighted by molar-refractivity contribution is -0.000834. The van der Waals surface area contributed by atoms with Crippen LogP contribution in [-0.2, 0) is 25.0 Å². The molecule has 0 aromatic heterocycles. The lowest BCUT2D eigenvalue weighted by Crippen LogP contribution is -2.43. The molecule has 2 fully saturated rings. The van der Waals surface area contributed by atoms with E-state index in [-0.39, 0.29) is 54.5 Å². The van der Waals surface area contributed by atoms with Crippen molar-refractivity contribution in [2.75, 3.05) is 96.3 Å². The Hall–Kier alpha value is -4.19. The summed E-state index contributed by atoms with van der Waals surface area (Å²) < 4.78 is 15.7. The highest BCUT2D eigenvalue weighted by Gasteiger charge is 2.28. The minimum absolute atomic E-state index is 0.116. The zero-order valence-electron chi connectivity index (χ0n) is 64.6. The molecule has 2 aromatic carbocycles. The van der Waals surface area contributed by atoms with Crippen LogP contribution in [0.3, 0.4) is 0 Å². The quantitative estimate of drug-likeness (QED) is 0.0223. The standard InChI is InChI=1S/C24H51N.C14H23N.C11H21NO3.C11H15NO2.C10H19NO2.C9H21NO3/c1-4-7-10-13-16-19-22-25(23-20-17-14-11-8-5-2)24-21-18-15-12-9-6-3;1-13(2,3)10-8-7-9-11(12(10)15)14(4,5)6;1-4-11(2,3)15-10(14)12-7-5-9(13)6-8-12;1-11(2,3)14-10(13)12-9-7-5-4-6-8-9;1-10(2,3)13-9(12)11-7-5-4-6-8-11;11-7-1-4-10(5-2-8-12)6-3-9-13/h4-24H2,1-3H3;7-9H,15H2,1-6H3;9,13H,4-8H2,1-3H3;4-8H,1-3H3,(H,12,13);4-8H2,1-3H3;11-13H,1-9H2. The molecule has 0 bridgehead atoms. The number of anilines is 2. The van der Waals surface area contributed by atoms with Crippen molar-refractivity contribution in [1.82, 2.24) is 19.6 Å². The van der Waals surface area contributed by atoms with Crippen LogP contribution in [0, 0.1) is 0 Å². The maximum Gasteiger partial charge on any atom is 0.412 e. The fraction of sp³-hybridized carbons (Fsp3) is 0.810. The van der Waals surface area contributed by atoms with Crippen molar-refractivity contribution in [3.05, 3.63) is 59.7 Å². The van der Waals surface area contributed by atoms with Crippen LogP contribution >= 0.6 is 0 Å².